The van der Waals surface area contributed by atoms with E-state index >= 15 is 0 Å². The summed E-state index contributed by atoms with van der Waals surface area (Å²) in [6.07, 6.45) is 2.17. The van der Waals surface area contributed by atoms with Gasteiger partial charge in [-0.2, -0.15) is 0 Å². The SMILES string of the molecule is C=C(C)CN1CCC(NC(=NCc2cc(OC)ccc2O)NCC)CC1. The minimum absolute atomic E-state index is 0.235. The number of hydrogen-bond acceptors (Lipinski definition) is 4. The Labute approximate surface area is 157 Å². The van der Waals surface area contributed by atoms with Gasteiger partial charge in [0.15, 0.2) is 5.96 Å². The first-order valence-corrected chi connectivity index (χ1v) is 9.29. The number of piperidine rings is 1. The Hall–Kier alpha value is -2.21. The monoisotopic (exact) mass is 360 g/mol. The highest BCUT2D eigenvalue weighted by Gasteiger charge is 2.19. The number of likely N-dealkylation sites (tertiary alicyclic amines) is 1. The number of rotatable bonds is 7. The van der Waals surface area contributed by atoms with Gasteiger partial charge in [0.1, 0.15) is 11.5 Å². The first kappa shape index (κ1) is 20.1. The predicted octanol–water partition coefficient (Wildman–Crippen LogP) is 2.50. The van der Waals surface area contributed by atoms with Gasteiger partial charge < -0.3 is 20.5 Å². The highest BCUT2D eigenvalue weighted by molar-refractivity contribution is 5.80. The van der Waals surface area contributed by atoms with Crippen LogP contribution in [0.1, 0.15) is 32.3 Å². The van der Waals surface area contributed by atoms with E-state index in [2.05, 4.69) is 41.0 Å². The maximum atomic E-state index is 10.0. The molecule has 1 aromatic rings. The smallest absolute Gasteiger partial charge is 0.191 e. The summed E-state index contributed by atoms with van der Waals surface area (Å²) in [6, 6.07) is 5.61. The minimum atomic E-state index is 0.235. The zero-order valence-electron chi connectivity index (χ0n) is 16.2. The van der Waals surface area contributed by atoms with Gasteiger partial charge in [0.2, 0.25) is 0 Å². The molecule has 2 rings (SSSR count). The lowest BCUT2D eigenvalue weighted by molar-refractivity contribution is 0.221. The van der Waals surface area contributed by atoms with Crippen molar-refractivity contribution in [3.05, 3.63) is 35.9 Å². The topological polar surface area (TPSA) is 69.1 Å². The third-order valence-electron chi connectivity index (χ3n) is 4.46. The number of hydrogen-bond donors (Lipinski definition) is 3. The third-order valence-corrected chi connectivity index (χ3v) is 4.46. The number of nitrogens with one attached hydrogen (secondary N) is 2. The lowest BCUT2D eigenvalue weighted by Gasteiger charge is -2.33. The fourth-order valence-electron chi connectivity index (χ4n) is 3.11. The first-order valence-electron chi connectivity index (χ1n) is 9.29. The Morgan fingerprint density at radius 1 is 1.38 bits per heavy atom. The van der Waals surface area contributed by atoms with Gasteiger partial charge in [-0.25, -0.2) is 4.99 Å². The van der Waals surface area contributed by atoms with Crippen molar-refractivity contribution in [3.63, 3.8) is 0 Å². The second-order valence-corrected chi connectivity index (χ2v) is 6.84. The molecule has 0 aromatic heterocycles. The van der Waals surface area contributed by atoms with E-state index in [-0.39, 0.29) is 5.75 Å². The molecule has 0 aliphatic carbocycles. The van der Waals surface area contributed by atoms with Crippen LogP contribution in [0.25, 0.3) is 0 Å². The molecule has 0 atom stereocenters. The second-order valence-electron chi connectivity index (χ2n) is 6.84. The molecule has 26 heavy (non-hydrogen) atoms. The van der Waals surface area contributed by atoms with E-state index in [4.69, 9.17) is 4.74 Å². The Balaban J connectivity index is 1.94. The highest BCUT2D eigenvalue weighted by atomic mass is 16.5. The molecule has 0 spiro atoms. The molecule has 144 valence electrons. The second kappa shape index (κ2) is 10.1. The fourth-order valence-corrected chi connectivity index (χ4v) is 3.11. The average molecular weight is 361 g/mol. The van der Waals surface area contributed by atoms with Crippen molar-refractivity contribution < 1.29 is 9.84 Å². The normalized spacial score (nSPS) is 16.3. The van der Waals surface area contributed by atoms with E-state index in [0.29, 0.717) is 12.6 Å². The molecule has 1 aromatic carbocycles. The standard InChI is InChI=1S/C20H32N4O2/c1-5-21-20(22-13-16-12-18(26-4)6-7-19(16)25)23-17-8-10-24(11-9-17)14-15(2)3/h6-7,12,17,25H,2,5,8-11,13-14H2,1,3-4H3,(H2,21,22,23). The molecule has 3 N–H and O–H groups in total. The lowest BCUT2D eigenvalue weighted by Crippen LogP contribution is -2.48. The first-order chi connectivity index (χ1) is 12.5. The molecule has 1 heterocycles. The molecule has 6 heteroatoms. The number of methoxy groups -OCH3 is 1. The lowest BCUT2D eigenvalue weighted by atomic mass is 10.0. The summed E-state index contributed by atoms with van der Waals surface area (Å²) in [5.41, 5.74) is 1.96. The molecule has 1 saturated heterocycles. The van der Waals surface area contributed by atoms with Crippen LogP contribution in [0.3, 0.4) is 0 Å². The Bertz CT molecular complexity index is 622. The number of phenolic OH excluding ortho intramolecular Hbond substituents is 1. The minimum Gasteiger partial charge on any atom is -0.508 e. The van der Waals surface area contributed by atoms with E-state index in [1.807, 2.05) is 6.07 Å². The van der Waals surface area contributed by atoms with Crippen LogP contribution in [0.15, 0.2) is 35.3 Å². The van der Waals surface area contributed by atoms with Gasteiger partial charge in [-0.05, 0) is 44.9 Å². The van der Waals surface area contributed by atoms with Crippen LogP contribution < -0.4 is 15.4 Å². The predicted molar refractivity (Wildman–Crippen MR) is 107 cm³/mol. The molecule has 0 saturated carbocycles. The molecule has 1 aliphatic heterocycles. The Morgan fingerprint density at radius 2 is 2.12 bits per heavy atom. The molecular weight excluding hydrogens is 328 g/mol. The van der Waals surface area contributed by atoms with Gasteiger partial charge in [-0.1, -0.05) is 12.2 Å². The van der Waals surface area contributed by atoms with Gasteiger partial charge in [0, 0.05) is 37.8 Å². The van der Waals surface area contributed by atoms with E-state index in [0.717, 1.165) is 56.3 Å². The van der Waals surface area contributed by atoms with Crippen LogP contribution >= 0.6 is 0 Å². The molecule has 0 unspecified atom stereocenters. The van der Waals surface area contributed by atoms with Crippen LogP contribution in [0.2, 0.25) is 0 Å². The third kappa shape index (κ3) is 6.26. The number of ether oxygens (including phenoxy) is 1. The van der Waals surface area contributed by atoms with Crippen molar-refractivity contribution in [1.29, 1.82) is 0 Å². The van der Waals surface area contributed by atoms with Gasteiger partial charge in [0.25, 0.3) is 0 Å². The van der Waals surface area contributed by atoms with Gasteiger partial charge in [0.05, 0.1) is 13.7 Å². The van der Waals surface area contributed by atoms with Crippen LogP contribution in [0.4, 0.5) is 0 Å². The Kier molecular flexibility index (Phi) is 7.78. The summed E-state index contributed by atoms with van der Waals surface area (Å²) in [5.74, 6) is 1.74. The number of aromatic hydroxyl groups is 1. The average Bonchev–Trinajstić information content (AvgIpc) is 2.62. The molecule has 6 nitrogen and oxygen atoms in total. The van der Waals surface area contributed by atoms with Crippen LogP contribution in [-0.2, 0) is 6.54 Å². The maximum absolute atomic E-state index is 10.0. The molecule has 1 aliphatic rings. The summed E-state index contributed by atoms with van der Waals surface area (Å²) >= 11 is 0. The van der Waals surface area contributed by atoms with Crippen molar-refractivity contribution in [1.82, 2.24) is 15.5 Å². The highest BCUT2D eigenvalue weighted by Crippen LogP contribution is 2.23. The van der Waals surface area contributed by atoms with E-state index in [1.54, 1.807) is 19.2 Å². The quantitative estimate of drug-likeness (QED) is 0.396. The largest absolute Gasteiger partial charge is 0.508 e. The zero-order chi connectivity index (χ0) is 18.9. The van der Waals surface area contributed by atoms with Crippen molar-refractivity contribution >= 4 is 5.96 Å². The van der Waals surface area contributed by atoms with Crippen LogP contribution in [-0.4, -0.2) is 55.3 Å². The summed E-state index contributed by atoms with van der Waals surface area (Å²) in [6.45, 7) is 12.4. The number of aliphatic imine (C=N–C) groups is 1. The zero-order valence-corrected chi connectivity index (χ0v) is 16.2. The molecule has 0 radical (unpaired) electrons. The number of benzene rings is 1. The summed E-state index contributed by atoms with van der Waals surface area (Å²) in [7, 11) is 1.62. The van der Waals surface area contributed by atoms with Crippen LogP contribution in [0, 0.1) is 0 Å². The number of phenols is 1. The van der Waals surface area contributed by atoms with Crippen molar-refractivity contribution in [2.24, 2.45) is 4.99 Å². The number of nitrogens with zero attached hydrogens (tertiary/aromatic N) is 2. The summed E-state index contributed by atoms with van der Waals surface area (Å²) in [5, 5.41) is 16.8. The maximum Gasteiger partial charge on any atom is 0.191 e. The van der Waals surface area contributed by atoms with Gasteiger partial charge >= 0.3 is 0 Å². The van der Waals surface area contributed by atoms with Crippen molar-refractivity contribution in [3.8, 4) is 11.5 Å². The van der Waals surface area contributed by atoms with Gasteiger partial charge in [-0.15, -0.1) is 0 Å². The van der Waals surface area contributed by atoms with Crippen LogP contribution in [0.5, 0.6) is 11.5 Å². The van der Waals surface area contributed by atoms with Crippen molar-refractivity contribution in [2.75, 3.05) is 33.3 Å². The molecule has 0 bridgehead atoms. The fraction of sp³-hybridized carbons (Fsp3) is 0.550. The van der Waals surface area contributed by atoms with E-state index < -0.39 is 0 Å². The number of guanidine groups is 1. The summed E-state index contributed by atoms with van der Waals surface area (Å²) in [4.78, 5) is 7.08. The van der Waals surface area contributed by atoms with E-state index in [9.17, 15) is 5.11 Å². The van der Waals surface area contributed by atoms with Crippen molar-refractivity contribution in [2.45, 2.75) is 39.3 Å². The van der Waals surface area contributed by atoms with Gasteiger partial charge in [-0.3, -0.25) is 4.90 Å². The Morgan fingerprint density at radius 3 is 2.73 bits per heavy atom. The van der Waals surface area contributed by atoms with E-state index in [1.165, 1.54) is 5.57 Å². The molecule has 0 amide bonds. The summed E-state index contributed by atoms with van der Waals surface area (Å²) < 4.78 is 5.22. The molecular formula is C20H32N4O2. The molecule has 1 fully saturated rings.